The number of rotatable bonds is 6. The van der Waals surface area contributed by atoms with Gasteiger partial charge in [-0.15, -0.1) is 11.3 Å². The van der Waals surface area contributed by atoms with Crippen molar-refractivity contribution in [2.75, 3.05) is 6.54 Å². The Morgan fingerprint density at radius 3 is 2.83 bits per heavy atom. The number of hydrogen-bond acceptors (Lipinski definition) is 4. The maximum absolute atomic E-state index is 4.50. The highest BCUT2D eigenvalue weighted by molar-refractivity contribution is 7.09. The van der Waals surface area contributed by atoms with Gasteiger partial charge >= 0.3 is 0 Å². The van der Waals surface area contributed by atoms with Gasteiger partial charge in [0.25, 0.3) is 0 Å². The fourth-order valence-corrected chi connectivity index (χ4v) is 2.76. The third-order valence-corrected chi connectivity index (χ3v) is 3.94. The maximum Gasteiger partial charge on any atom is 0.0794 e. The van der Waals surface area contributed by atoms with E-state index in [1.807, 2.05) is 23.4 Å². The van der Waals surface area contributed by atoms with Gasteiger partial charge in [-0.3, -0.25) is 9.67 Å². The molecule has 2 aromatic rings. The molecule has 1 unspecified atom stereocenters. The van der Waals surface area contributed by atoms with E-state index in [4.69, 9.17) is 0 Å². The number of hydrogen-bond donors (Lipinski definition) is 1. The predicted octanol–water partition coefficient (Wildman–Crippen LogP) is 2.33. The zero-order valence-corrected chi connectivity index (χ0v) is 12.0. The molecule has 2 rings (SSSR count). The van der Waals surface area contributed by atoms with Crippen LogP contribution in [0.5, 0.6) is 0 Å². The minimum Gasteiger partial charge on any atom is -0.309 e. The van der Waals surface area contributed by atoms with Gasteiger partial charge in [-0.05, 0) is 19.0 Å². The van der Waals surface area contributed by atoms with Crippen molar-refractivity contribution in [1.82, 2.24) is 20.1 Å². The van der Waals surface area contributed by atoms with Gasteiger partial charge in [0.1, 0.15) is 0 Å². The van der Waals surface area contributed by atoms with E-state index in [0.717, 1.165) is 25.1 Å². The van der Waals surface area contributed by atoms with Crippen LogP contribution >= 0.6 is 11.3 Å². The van der Waals surface area contributed by atoms with E-state index < -0.39 is 0 Å². The van der Waals surface area contributed by atoms with Crippen LogP contribution in [-0.4, -0.2) is 21.3 Å². The van der Waals surface area contributed by atoms with Crippen LogP contribution in [0.2, 0.25) is 0 Å². The maximum atomic E-state index is 4.50. The number of nitrogens with one attached hydrogen (secondary N) is 1. The van der Waals surface area contributed by atoms with Gasteiger partial charge in [0, 0.05) is 36.3 Å². The fraction of sp³-hybridized carbons (Fsp3) is 0.538. The topological polar surface area (TPSA) is 42.7 Å². The minimum absolute atomic E-state index is 0.336. The van der Waals surface area contributed by atoms with Crippen LogP contribution in [0.15, 0.2) is 17.8 Å². The van der Waals surface area contributed by atoms with Crippen molar-refractivity contribution in [2.45, 2.75) is 32.7 Å². The Hall–Kier alpha value is -1.20. The molecule has 4 nitrogen and oxygen atoms in total. The Morgan fingerprint density at radius 2 is 2.28 bits per heavy atom. The van der Waals surface area contributed by atoms with Gasteiger partial charge in [0.2, 0.25) is 0 Å². The Bertz CT molecular complexity index is 475. The van der Waals surface area contributed by atoms with E-state index in [1.165, 1.54) is 10.6 Å². The largest absolute Gasteiger partial charge is 0.309 e. The SMILES string of the molecule is CCNC(Cc1cc(CC)nn1C)c1cncs1. The standard InChI is InChI=1S/C13H20N4S/c1-4-10-6-11(17(3)16-10)7-12(15-5-2)13-8-14-9-18-13/h6,8-9,12,15H,4-5,7H2,1-3H3. The van der Waals surface area contributed by atoms with E-state index in [9.17, 15) is 0 Å². The smallest absolute Gasteiger partial charge is 0.0794 e. The molecule has 18 heavy (non-hydrogen) atoms. The van der Waals surface area contributed by atoms with E-state index >= 15 is 0 Å². The number of nitrogens with zero attached hydrogens (tertiary/aromatic N) is 3. The molecule has 0 bridgehead atoms. The first kappa shape index (κ1) is 13.2. The van der Waals surface area contributed by atoms with Gasteiger partial charge in [-0.25, -0.2) is 0 Å². The van der Waals surface area contributed by atoms with Crippen molar-refractivity contribution in [3.63, 3.8) is 0 Å². The highest BCUT2D eigenvalue weighted by atomic mass is 32.1. The average Bonchev–Trinajstić information content (AvgIpc) is 2.99. The van der Waals surface area contributed by atoms with E-state index in [2.05, 4.69) is 35.3 Å². The third kappa shape index (κ3) is 2.97. The molecule has 0 radical (unpaired) electrons. The monoisotopic (exact) mass is 264 g/mol. The van der Waals surface area contributed by atoms with Crippen molar-refractivity contribution >= 4 is 11.3 Å². The first-order valence-corrected chi connectivity index (χ1v) is 7.26. The number of aromatic nitrogens is 3. The molecule has 2 aromatic heterocycles. The lowest BCUT2D eigenvalue weighted by Crippen LogP contribution is -2.23. The molecular weight excluding hydrogens is 244 g/mol. The lowest BCUT2D eigenvalue weighted by atomic mass is 10.1. The van der Waals surface area contributed by atoms with Crippen LogP contribution in [0.3, 0.4) is 0 Å². The summed E-state index contributed by atoms with van der Waals surface area (Å²) in [6.07, 6.45) is 3.90. The summed E-state index contributed by atoms with van der Waals surface area (Å²) in [5.41, 5.74) is 4.32. The molecule has 0 fully saturated rings. The molecule has 1 N–H and O–H groups in total. The lowest BCUT2D eigenvalue weighted by molar-refractivity contribution is 0.535. The molecule has 0 aromatic carbocycles. The van der Waals surface area contributed by atoms with Crippen molar-refractivity contribution < 1.29 is 0 Å². The summed E-state index contributed by atoms with van der Waals surface area (Å²) in [7, 11) is 2.02. The minimum atomic E-state index is 0.336. The summed E-state index contributed by atoms with van der Waals surface area (Å²) >= 11 is 1.71. The number of thiazole rings is 1. The summed E-state index contributed by atoms with van der Waals surface area (Å²) in [5.74, 6) is 0. The molecule has 1 atom stereocenters. The Morgan fingerprint density at radius 1 is 1.44 bits per heavy atom. The second-order valence-electron chi connectivity index (χ2n) is 4.32. The molecule has 98 valence electrons. The second-order valence-corrected chi connectivity index (χ2v) is 5.24. The Balaban J connectivity index is 2.15. The average molecular weight is 264 g/mol. The van der Waals surface area contributed by atoms with Crippen LogP contribution in [0.25, 0.3) is 0 Å². The summed E-state index contributed by atoms with van der Waals surface area (Å²) in [6, 6.07) is 2.54. The van der Waals surface area contributed by atoms with Crippen LogP contribution in [0.4, 0.5) is 0 Å². The third-order valence-electron chi connectivity index (χ3n) is 3.05. The zero-order valence-electron chi connectivity index (χ0n) is 11.2. The second kappa shape index (κ2) is 6.11. The quantitative estimate of drug-likeness (QED) is 0.871. The van der Waals surface area contributed by atoms with E-state index in [0.29, 0.717) is 6.04 Å². The van der Waals surface area contributed by atoms with Gasteiger partial charge < -0.3 is 5.32 Å². The molecule has 0 spiro atoms. The van der Waals surface area contributed by atoms with Gasteiger partial charge in [-0.1, -0.05) is 13.8 Å². The molecule has 5 heteroatoms. The van der Waals surface area contributed by atoms with Crippen LogP contribution in [-0.2, 0) is 19.9 Å². The molecule has 0 saturated heterocycles. The first-order valence-electron chi connectivity index (χ1n) is 6.38. The normalized spacial score (nSPS) is 12.8. The summed E-state index contributed by atoms with van der Waals surface area (Å²) < 4.78 is 1.99. The van der Waals surface area contributed by atoms with Crippen LogP contribution < -0.4 is 5.32 Å². The Kier molecular flexibility index (Phi) is 4.49. The van der Waals surface area contributed by atoms with Crippen molar-refractivity contribution in [3.8, 4) is 0 Å². The van der Waals surface area contributed by atoms with Gasteiger partial charge in [-0.2, -0.15) is 5.10 Å². The molecule has 0 aliphatic rings. The molecule has 0 amide bonds. The summed E-state index contributed by atoms with van der Waals surface area (Å²) in [6.45, 7) is 5.23. The number of aryl methyl sites for hydroxylation is 2. The summed E-state index contributed by atoms with van der Waals surface area (Å²) in [5, 5.41) is 8.02. The Labute approximate surface area is 112 Å². The van der Waals surface area contributed by atoms with Crippen molar-refractivity contribution in [2.24, 2.45) is 7.05 Å². The van der Waals surface area contributed by atoms with Crippen molar-refractivity contribution in [3.05, 3.63) is 34.0 Å². The first-order chi connectivity index (χ1) is 8.74. The predicted molar refractivity (Wildman–Crippen MR) is 74.8 cm³/mol. The van der Waals surface area contributed by atoms with E-state index in [1.54, 1.807) is 11.3 Å². The van der Waals surface area contributed by atoms with Gasteiger partial charge in [0.05, 0.1) is 11.2 Å². The van der Waals surface area contributed by atoms with Gasteiger partial charge in [0.15, 0.2) is 0 Å². The molecular formula is C13H20N4S. The van der Waals surface area contributed by atoms with E-state index in [-0.39, 0.29) is 0 Å². The van der Waals surface area contributed by atoms with Crippen LogP contribution in [0.1, 0.15) is 36.2 Å². The molecule has 2 heterocycles. The molecule has 0 saturated carbocycles. The highest BCUT2D eigenvalue weighted by Gasteiger charge is 2.15. The zero-order chi connectivity index (χ0) is 13.0. The molecule has 0 aliphatic heterocycles. The fourth-order valence-electron chi connectivity index (χ4n) is 2.06. The highest BCUT2D eigenvalue weighted by Crippen LogP contribution is 2.21. The summed E-state index contributed by atoms with van der Waals surface area (Å²) in [4.78, 5) is 5.45. The number of likely N-dealkylation sites (N-methyl/N-ethyl adjacent to an activating group) is 1. The molecule has 0 aliphatic carbocycles. The van der Waals surface area contributed by atoms with Crippen molar-refractivity contribution in [1.29, 1.82) is 0 Å². The lowest BCUT2D eigenvalue weighted by Gasteiger charge is -2.15. The van der Waals surface area contributed by atoms with Crippen LogP contribution in [0, 0.1) is 0 Å².